The van der Waals surface area contributed by atoms with Crippen LogP contribution in [0.4, 0.5) is 0 Å². The van der Waals surface area contributed by atoms with Gasteiger partial charge in [-0.25, -0.2) is 22.6 Å². The van der Waals surface area contributed by atoms with Crippen LogP contribution in [-0.4, -0.2) is 26.2 Å². The fraction of sp³-hybridized carbons (Fsp3) is 0. The second-order valence-electron chi connectivity index (χ2n) is 6.23. The van der Waals surface area contributed by atoms with Crippen molar-refractivity contribution < 1.29 is 24.3 Å². The van der Waals surface area contributed by atoms with E-state index in [9.17, 15) is 0 Å². The van der Waals surface area contributed by atoms with Crippen LogP contribution in [0.2, 0.25) is 0 Å². The second kappa shape index (κ2) is 9.22. The largest absolute Gasteiger partial charge is 1.00 e. The van der Waals surface area contributed by atoms with Crippen LogP contribution in [0.5, 0.6) is 0 Å². The molecule has 143 valence electrons. The van der Waals surface area contributed by atoms with E-state index in [4.69, 9.17) is 4.79 Å². The molecule has 5 heterocycles. The molecule has 0 atom stereocenters. The number of aromatic nitrogens is 4. The zero-order valence-corrected chi connectivity index (χ0v) is 17.1. The molecule has 6 heteroatoms. The summed E-state index contributed by atoms with van der Waals surface area (Å²) in [5.74, 6) is 0. The van der Waals surface area contributed by atoms with Gasteiger partial charge < -0.3 is 14.8 Å². The van der Waals surface area contributed by atoms with Gasteiger partial charge in [0.15, 0.2) is 0 Å². The van der Waals surface area contributed by atoms with E-state index in [0.717, 1.165) is 50.9 Å². The Balaban J connectivity index is 0.000000443. The van der Waals surface area contributed by atoms with Crippen molar-refractivity contribution in [1.29, 1.82) is 0 Å². The Morgan fingerprint density at radius 1 is 0.690 bits per heavy atom. The van der Waals surface area contributed by atoms with Crippen molar-refractivity contribution in [1.82, 2.24) is 19.9 Å². The summed E-state index contributed by atoms with van der Waals surface area (Å²) in [6.07, 6.45) is 10.6. The molecule has 0 saturated heterocycles. The predicted octanol–water partition coefficient (Wildman–Crippen LogP) is 4.94. The van der Waals surface area contributed by atoms with E-state index in [-0.39, 0.29) is 19.5 Å². The molecular formula is C23H17N4ORu. The first-order chi connectivity index (χ1) is 13.7. The van der Waals surface area contributed by atoms with E-state index < -0.39 is 0 Å². The maximum absolute atomic E-state index is 8.93. The number of nitrogens with zero attached hydrogens (tertiary/aromatic N) is 2. The standard InChI is InChI=1S/C20H14N4.C3H3O.Ru/c1-2-14-10-16-5-6-18(23-16)12-20-8-7-19(24-20)11-17-4-3-15(22-17)9-13(1)21-14;1-2-3-4;/h1-12,21-22H;2H,1H2;/q;-1;+1. The number of rotatable bonds is 1. The molecule has 5 nitrogen and oxygen atoms in total. The van der Waals surface area contributed by atoms with Gasteiger partial charge in [-0.05, 0) is 79.1 Å². The van der Waals surface area contributed by atoms with Crippen LogP contribution in [0.15, 0.2) is 61.2 Å². The summed E-state index contributed by atoms with van der Waals surface area (Å²) >= 11 is 0. The minimum atomic E-state index is 0. The van der Waals surface area contributed by atoms with Crippen LogP contribution in [0.25, 0.3) is 46.4 Å². The van der Waals surface area contributed by atoms with Gasteiger partial charge in [-0.2, -0.15) is 0 Å². The molecule has 0 fully saturated rings. The van der Waals surface area contributed by atoms with Gasteiger partial charge in [0, 0.05) is 22.1 Å². The van der Waals surface area contributed by atoms with Gasteiger partial charge in [0.2, 0.25) is 0 Å². The van der Waals surface area contributed by atoms with Crippen LogP contribution in [-0.2, 0) is 24.3 Å². The SMILES string of the molecule is C1=Cc2cc3ccc(cc4ccc(cc5nc(cc1n2)C=C5)[nH]4)[nH]3.C=C[C-]=O.[Ru+]. The Morgan fingerprint density at radius 3 is 1.41 bits per heavy atom. The van der Waals surface area contributed by atoms with Crippen LogP contribution >= 0.6 is 0 Å². The first kappa shape index (κ1) is 20.4. The van der Waals surface area contributed by atoms with Crippen molar-refractivity contribution >= 4 is 52.7 Å². The maximum Gasteiger partial charge on any atom is 1.00 e. The smallest absolute Gasteiger partial charge is 0.419 e. The summed E-state index contributed by atoms with van der Waals surface area (Å²) in [6, 6.07) is 16.4. The fourth-order valence-electron chi connectivity index (χ4n) is 2.94. The third-order valence-corrected chi connectivity index (χ3v) is 4.13. The summed E-state index contributed by atoms with van der Waals surface area (Å²) in [4.78, 5) is 25.0. The first-order valence-corrected chi connectivity index (χ1v) is 8.75. The van der Waals surface area contributed by atoms with E-state index in [1.807, 2.05) is 42.5 Å². The number of allylic oxidation sites excluding steroid dienone is 1. The maximum atomic E-state index is 8.93. The first-order valence-electron chi connectivity index (χ1n) is 8.75. The Bertz CT molecular complexity index is 1170. The molecule has 29 heavy (non-hydrogen) atoms. The molecule has 3 aromatic heterocycles. The van der Waals surface area contributed by atoms with Crippen molar-refractivity contribution in [2.45, 2.75) is 0 Å². The number of hydrogen-bond acceptors (Lipinski definition) is 3. The zero-order chi connectivity index (χ0) is 19.3. The predicted molar refractivity (Wildman–Crippen MR) is 115 cm³/mol. The van der Waals surface area contributed by atoms with Gasteiger partial charge >= 0.3 is 19.5 Å². The molecule has 3 aromatic rings. The summed E-state index contributed by atoms with van der Waals surface area (Å²) < 4.78 is 0. The zero-order valence-electron chi connectivity index (χ0n) is 15.4. The molecule has 5 rings (SSSR count). The van der Waals surface area contributed by atoms with Crippen molar-refractivity contribution in [3.8, 4) is 0 Å². The Hall–Kier alpha value is -3.37. The molecule has 0 spiro atoms. The van der Waals surface area contributed by atoms with E-state index >= 15 is 0 Å². The molecule has 0 unspecified atom stereocenters. The quantitative estimate of drug-likeness (QED) is 0.209. The van der Waals surface area contributed by atoms with Crippen molar-refractivity contribution in [3.63, 3.8) is 0 Å². The van der Waals surface area contributed by atoms with Crippen LogP contribution in [0, 0.1) is 0 Å². The van der Waals surface area contributed by atoms with Crippen LogP contribution < -0.4 is 0 Å². The van der Waals surface area contributed by atoms with Gasteiger partial charge in [0.1, 0.15) is 0 Å². The van der Waals surface area contributed by atoms with Gasteiger partial charge in [-0.15, -0.1) is 0 Å². The average molecular weight is 466 g/mol. The van der Waals surface area contributed by atoms with Crippen molar-refractivity contribution in [2.75, 3.05) is 0 Å². The number of aromatic amines is 2. The molecule has 2 N–H and O–H groups in total. The fourth-order valence-corrected chi connectivity index (χ4v) is 2.94. The molecular weight excluding hydrogens is 449 g/mol. The van der Waals surface area contributed by atoms with E-state index in [1.165, 1.54) is 6.29 Å². The summed E-state index contributed by atoms with van der Waals surface area (Å²) in [7, 11) is 0. The van der Waals surface area contributed by atoms with Crippen molar-refractivity contribution in [3.05, 3.63) is 84.0 Å². The van der Waals surface area contributed by atoms with E-state index in [1.54, 1.807) is 0 Å². The monoisotopic (exact) mass is 467 g/mol. The molecule has 2 aliphatic rings. The second-order valence-corrected chi connectivity index (χ2v) is 6.23. The Labute approximate surface area is 180 Å². The Morgan fingerprint density at radius 2 is 1.03 bits per heavy atom. The number of H-pyrrole nitrogens is 2. The third-order valence-electron chi connectivity index (χ3n) is 4.13. The summed E-state index contributed by atoms with van der Waals surface area (Å²) in [5, 5.41) is 0. The summed E-state index contributed by atoms with van der Waals surface area (Å²) in [5.41, 5.74) is 7.86. The average Bonchev–Trinajstić information content (AvgIpc) is 3.47. The van der Waals surface area contributed by atoms with Gasteiger partial charge in [0.25, 0.3) is 0 Å². The number of nitrogens with one attached hydrogen (secondary N) is 2. The summed E-state index contributed by atoms with van der Waals surface area (Å²) in [6.45, 7) is 3.06. The van der Waals surface area contributed by atoms with E-state index in [2.05, 4.69) is 56.8 Å². The van der Waals surface area contributed by atoms with Gasteiger partial charge in [0.05, 0.1) is 22.8 Å². The third kappa shape index (κ3) is 5.12. The number of fused-ring (bicyclic) bond motifs is 8. The molecule has 0 aliphatic carbocycles. The van der Waals surface area contributed by atoms with Gasteiger partial charge in [-0.3, -0.25) is 0 Å². The molecule has 0 amide bonds. The number of hydrogen-bond donors (Lipinski definition) is 2. The van der Waals surface area contributed by atoms with Crippen molar-refractivity contribution in [2.24, 2.45) is 0 Å². The van der Waals surface area contributed by atoms with Crippen LogP contribution in [0.1, 0.15) is 22.8 Å². The minimum Gasteiger partial charge on any atom is -0.419 e. The molecule has 0 aromatic carbocycles. The molecule has 0 saturated carbocycles. The number of carbonyl (C=O) groups excluding carboxylic acids is 1. The van der Waals surface area contributed by atoms with Gasteiger partial charge in [-0.1, -0.05) is 0 Å². The molecule has 8 bridgehead atoms. The molecule has 1 radical (unpaired) electrons. The normalized spacial score (nSPS) is 11.2. The topological polar surface area (TPSA) is 74.4 Å². The Kier molecular flexibility index (Phi) is 6.47. The van der Waals surface area contributed by atoms with Crippen LogP contribution in [0.3, 0.4) is 0 Å². The molecule has 2 aliphatic heterocycles. The minimum absolute atomic E-state index is 0. The van der Waals surface area contributed by atoms with E-state index in [0.29, 0.717) is 0 Å².